The van der Waals surface area contributed by atoms with Crippen LogP contribution in [-0.2, 0) is 0 Å². The van der Waals surface area contributed by atoms with Gasteiger partial charge in [0.2, 0.25) is 0 Å². The highest BCUT2D eigenvalue weighted by Gasteiger charge is 2.18. The van der Waals surface area contributed by atoms with E-state index in [0.29, 0.717) is 0 Å². The summed E-state index contributed by atoms with van der Waals surface area (Å²) >= 11 is 0. The Morgan fingerprint density at radius 2 is 1.00 bits per heavy atom. The van der Waals surface area contributed by atoms with Crippen molar-refractivity contribution in [1.29, 1.82) is 0 Å². The molecule has 8 rings (SSSR count). The molecule has 1 aromatic heterocycles. The molecule has 0 spiro atoms. The van der Waals surface area contributed by atoms with Crippen LogP contribution in [0.5, 0.6) is 0 Å². The van der Waals surface area contributed by atoms with Gasteiger partial charge in [0, 0.05) is 33.2 Å². The van der Waals surface area contributed by atoms with E-state index in [1.165, 1.54) is 38.1 Å². The van der Waals surface area contributed by atoms with Crippen LogP contribution in [0.2, 0.25) is 0 Å². The van der Waals surface area contributed by atoms with Crippen molar-refractivity contribution < 1.29 is 0 Å². The molecule has 8 aromatic rings. The van der Waals surface area contributed by atoms with Crippen molar-refractivity contribution in [2.75, 3.05) is 4.90 Å². The van der Waals surface area contributed by atoms with E-state index in [4.69, 9.17) is 0 Å². The third-order valence-corrected chi connectivity index (χ3v) is 8.36. The fourth-order valence-electron chi connectivity index (χ4n) is 6.28. The van der Waals surface area contributed by atoms with Gasteiger partial charge in [-0.05, 0) is 71.1 Å². The first-order chi connectivity index (χ1) is 21.8. The van der Waals surface area contributed by atoms with Gasteiger partial charge in [-0.1, -0.05) is 127 Å². The first-order valence-corrected chi connectivity index (χ1v) is 15.0. The van der Waals surface area contributed by atoms with Crippen molar-refractivity contribution in [2.24, 2.45) is 0 Å². The molecule has 0 amide bonds. The molecule has 0 saturated carbocycles. The van der Waals surface area contributed by atoms with Gasteiger partial charge in [-0.2, -0.15) is 0 Å². The topological polar surface area (TPSA) is 8.17 Å². The monoisotopic (exact) mass is 562 g/mol. The van der Waals surface area contributed by atoms with Gasteiger partial charge in [-0.3, -0.25) is 0 Å². The Kier molecular flexibility index (Phi) is 6.51. The maximum Gasteiger partial charge on any atom is 0.0542 e. The van der Waals surface area contributed by atoms with Gasteiger partial charge in [-0.25, -0.2) is 0 Å². The molecule has 2 heteroatoms. The number of anilines is 3. The third-order valence-electron chi connectivity index (χ3n) is 8.36. The number of rotatable bonds is 6. The minimum atomic E-state index is 1.12. The van der Waals surface area contributed by atoms with Crippen LogP contribution in [0.15, 0.2) is 170 Å². The summed E-state index contributed by atoms with van der Waals surface area (Å²) in [6.45, 7) is 0. The number of fused-ring (bicyclic) bond motifs is 4. The highest BCUT2D eigenvalue weighted by molar-refractivity contribution is 6.11. The molecule has 2 nitrogen and oxygen atoms in total. The fourth-order valence-corrected chi connectivity index (χ4v) is 6.28. The van der Waals surface area contributed by atoms with Gasteiger partial charge >= 0.3 is 0 Å². The van der Waals surface area contributed by atoms with Crippen LogP contribution in [-0.4, -0.2) is 4.57 Å². The first kappa shape index (κ1) is 25.8. The Hall–Kier alpha value is -5.86. The molecule has 0 bridgehead atoms. The highest BCUT2D eigenvalue weighted by Crippen LogP contribution is 2.42. The lowest BCUT2D eigenvalue weighted by Crippen LogP contribution is -2.10. The average Bonchev–Trinajstić information content (AvgIpc) is 3.43. The summed E-state index contributed by atoms with van der Waals surface area (Å²) < 4.78 is 2.37. The Balaban J connectivity index is 1.30. The van der Waals surface area contributed by atoms with Crippen LogP contribution in [0.25, 0.3) is 50.4 Å². The SMILES string of the molecule is C(=Cc1ccc(N(c2ccc3c(c2)c2ccccc2n3-c2ccccc2)c2cccc3ccccc23)cc1)c1ccccc1. The predicted octanol–water partition coefficient (Wildman–Crippen LogP) is 11.6. The summed E-state index contributed by atoms with van der Waals surface area (Å²) in [7, 11) is 0. The largest absolute Gasteiger partial charge is 0.310 e. The molecule has 1 heterocycles. The normalized spacial score (nSPS) is 11.5. The zero-order valence-electron chi connectivity index (χ0n) is 24.2. The Labute approximate surface area is 257 Å². The van der Waals surface area contributed by atoms with E-state index in [0.717, 1.165) is 28.3 Å². The van der Waals surface area contributed by atoms with Crippen LogP contribution in [0, 0.1) is 0 Å². The molecule has 0 aliphatic carbocycles. The van der Waals surface area contributed by atoms with Crippen molar-refractivity contribution in [3.63, 3.8) is 0 Å². The van der Waals surface area contributed by atoms with Gasteiger partial charge in [0.25, 0.3) is 0 Å². The smallest absolute Gasteiger partial charge is 0.0542 e. The van der Waals surface area contributed by atoms with Crippen molar-refractivity contribution in [2.45, 2.75) is 0 Å². The molecule has 0 aliphatic rings. The quantitative estimate of drug-likeness (QED) is 0.183. The molecule has 0 fully saturated rings. The summed E-state index contributed by atoms with van der Waals surface area (Å²) in [6, 6.07) is 60.7. The molecular weight excluding hydrogens is 532 g/mol. The van der Waals surface area contributed by atoms with Crippen molar-refractivity contribution in [3.8, 4) is 5.69 Å². The maximum atomic E-state index is 2.39. The highest BCUT2D eigenvalue weighted by atomic mass is 15.1. The van der Waals surface area contributed by atoms with E-state index in [1.54, 1.807) is 0 Å². The molecule has 7 aromatic carbocycles. The summed E-state index contributed by atoms with van der Waals surface area (Å²) in [6.07, 6.45) is 4.33. The second-order valence-corrected chi connectivity index (χ2v) is 11.1. The lowest BCUT2D eigenvalue weighted by Gasteiger charge is -2.27. The van der Waals surface area contributed by atoms with Crippen molar-refractivity contribution >= 4 is 61.8 Å². The number of hydrogen-bond acceptors (Lipinski definition) is 1. The molecule has 0 radical (unpaired) electrons. The van der Waals surface area contributed by atoms with Crippen LogP contribution < -0.4 is 4.90 Å². The van der Waals surface area contributed by atoms with Crippen LogP contribution in [0.4, 0.5) is 17.1 Å². The second-order valence-electron chi connectivity index (χ2n) is 11.1. The number of benzene rings is 7. The minimum absolute atomic E-state index is 1.12. The summed E-state index contributed by atoms with van der Waals surface area (Å²) in [5.74, 6) is 0. The van der Waals surface area contributed by atoms with E-state index >= 15 is 0 Å². The van der Waals surface area contributed by atoms with Gasteiger partial charge in [0.1, 0.15) is 0 Å². The van der Waals surface area contributed by atoms with Gasteiger partial charge in [-0.15, -0.1) is 0 Å². The first-order valence-electron chi connectivity index (χ1n) is 15.0. The third kappa shape index (κ3) is 4.63. The van der Waals surface area contributed by atoms with Gasteiger partial charge in [0.15, 0.2) is 0 Å². The van der Waals surface area contributed by atoms with Crippen molar-refractivity contribution in [1.82, 2.24) is 4.57 Å². The Bertz CT molecular complexity index is 2250. The molecular formula is C42H30N2. The minimum Gasteiger partial charge on any atom is -0.310 e. The summed E-state index contributed by atoms with van der Waals surface area (Å²) in [5.41, 5.74) is 9.31. The van der Waals surface area contributed by atoms with Gasteiger partial charge in [0.05, 0.1) is 16.7 Å². The number of para-hydroxylation sites is 2. The summed E-state index contributed by atoms with van der Waals surface area (Å²) in [4.78, 5) is 2.39. The Morgan fingerprint density at radius 1 is 0.409 bits per heavy atom. The van der Waals surface area contributed by atoms with Crippen molar-refractivity contribution in [3.05, 3.63) is 181 Å². The van der Waals surface area contributed by atoms with E-state index in [9.17, 15) is 0 Å². The standard InChI is InChI=1S/C42H30N2/c1-3-12-31(13-4-1)22-23-32-24-26-35(27-25-32)43(40-21-11-15-33-14-7-8-18-37(33)40)36-28-29-42-39(30-36)38-19-9-10-20-41(38)44(42)34-16-5-2-6-17-34/h1-30H. The van der Waals surface area contributed by atoms with E-state index in [2.05, 4.69) is 185 Å². The number of nitrogens with zero attached hydrogens (tertiary/aromatic N) is 2. The van der Waals surface area contributed by atoms with Crippen LogP contribution in [0.3, 0.4) is 0 Å². The molecule has 0 saturated heterocycles. The zero-order chi connectivity index (χ0) is 29.3. The van der Waals surface area contributed by atoms with E-state index in [1.807, 2.05) is 6.07 Å². The molecule has 44 heavy (non-hydrogen) atoms. The van der Waals surface area contributed by atoms with E-state index < -0.39 is 0 Å². The second kappa shape index (κ2) is 11.1. The zero-order valence-corrected chi connectivity index (χ0v) is 24.2. The van der Waals surface area contributed by atoms with Crippen LogP contribution in [0.1, 0.15) is 11.1 Å². The summed E-state index contributed by atoms with van der Waals surface area (Å²) in [5, 5.41) is 4.91. The predicted molar refractivity (Wildman–Crippen MR) is 188 cm³/mol. The van der Waals surface area contributed by atoms with E-state index in [-0.39, 0.29) is 0 Å². The molecule has 0 aliphatic heterocycles. The van der Waals surface area contributed by atoms with Crippen LogP contribution >= 0.6 is 0 Å². The average molecular weight is 563 g/mol. The molecule has 0 atom stereocenters. The Morgan fingerprint density at radius 3 is 1.80 bits per heavy atom. The molecule has 0 unspecified atom stereocenters. The number of hydrogen-bond donors (Lipinski definition) is 0. The van der Waals surface area contributed by atoms with Gasteiger partial charge < -0.3 is 9.47 Å². The number of aromatic nitrogens is 1. The maximum absolute atomic E-state index is 2.39. The lowest BCUT2D eigenvalue weighted by molar-refractivity contribution is 1.18. The fraction of sp³-hybridized carbons (Fsp3) is 0. The molecule has 0 N–H and O–H groups in total. The molecule has 208 valence electrons. The lowest BCUT2D eigenvalue weighted by atomic mass is 10.0.